The van der Waals surface area contributed by atoms with E-state index in [1.807, 2.05) is 43.3 Å². The van der Waals surface area contributed by atoms with Gasteiger partial charge in [0.25, 0.3) is 0 Å². The average molecular weight is 482 g/mol. The lowest BCUT2D eigenvalue weighted by Crippen LogP contribution is -2.48. The monoisotopic (exact) mass is 481 g/mol. The fourth-order valence-electron chi connectivity index (χ4n) is 3.91. The van der Waals surface area contributed by atoms with Gasteiger partial charge in [-0.25, -0.2) is 18.4 Å². The Morgan fingerprint density at radius 3 is 2.30 bits per heavy atom. The van der Waals surface area contributed by atoms with Crippen molar-refractivity contribution < 1.29 is 13.2 Å². The molecule has 0 atom stereocenters. The second kappa shape index (κ2) is 8.69. The molecule has 8 nitrogen and oxygen atoms in total. The molecule has 0 bridgehead atoms. The smallest absolute Gasteiger partial charge is 0.243 e. The van der Waals surface area contributed by atoms with E-state index in [0.717, 1.165) is 38.6 Å². The maximum Gasteiger partial charge on any atom is 0.243 e. The molecule has 1 fully saturated rings. The van der Waals surface area contributed by atoms with Crippen molar-refractivity contribution in [3.05, 3.63) is 60.4 Å². The summed E-state index contributed by atoms with van der Waals surface area (Å²) in [4.78, 5) is 11.4. The van der Waals surface area contributed by atoms with Gasteiger partial charge in [-0.15, -0.1) is 0 Å². The van der Waals surface area contributed by atoms with E-state index in [4.69, 9.17) is 4.74 Å². The third kappa shape index (κ3) is 4.05. The van der Waals surface area contributed by atoms with Crippen molar-refractivity contribution in [3.63, 3.8) is 0 Å². The topological polar surface area (TPSA) is 88.5 Å². The summed E-state index contributed by atoms with van der Waals surface area (Å²) < 4.78 is 38.4. The quantitative estimate of drug-likeness (QED) is 0.430. The molecule has 0 N–H and O–H groups in total. The largest absolute Gasteiger partial charge is 0.497 e. The Labute approximate surface area is 196 Å². The summed E-state index contributed by atoms with van der Waals surface area (Å²) in [5.41, 5.74) is 3.59. The highest BCUT2D eigenvalue weighted by Gasteiger charge is 2.30. The van der Waals surface area contributed by atoms with Crippen LogP contribution in [0.1, 0.15) is 5.56 Å². The molecule has 0 radical (unpaired) electrons. The first-order chi connectivity index (χ1) is 16.0. The van der Waals surface area contributed by atoms with Gasteiger partial charge in [0, 0.05) is 31.7 Å². The number of aryl methyl sites for hydroxylation is 1. The lowest BCUT2D eigenvalue weighted by molar-refractivity contribution is 0.384. The second-order valence-electron chi connectivity index (χ2n) is 7.84. The maximum absolute atomic E-state index is 13.0. The zero-order chi connectivity index (χ0) is 23.0. The van der Waals surface area contributed by atoms with Gasteiger partial charge in [0.1, 0.15) is 28.0 Å². The molecule has 3 heterocycles. The average Bonchev–Trinajstić information content (AvgIpc) is 3.29. The molecule has 170 valence electrons. The Morgan fingerprint density at radius 2 is 1.64 bits per heavy atom. The van der Waals surface area contributed by atoms with E-state index >= 15 is 0 Å². The minimum absolute atomic E-state index is 0.331. The Bertz CT molecular complexity index is 1380. The lowest BCUT2D eigenvalue weighted by Gasteiger charge is -2.34. The third-order valence-corrected chi connectivity index (χ3v) is 8.54. The highest BCUT2D eigenvalue weighted by atomic mass is 32.2. The first kappa shape index (κ1) is 21.7. The predicted octanol–water partition coefficient (Wildman–Crippen LogP) is 3.58. The van der Waals surface area contributed by atoms with E-state index in [2.05, 4.69) is 19.2 Å². The molecule has 0 amide bonds. The van der Waals surface area contributed by atoms with E-state index in [1.54, 1.807) is 29.9 Å². The highest BCUT2D eigenvalue weighted by Crippen LogP contribution is 2.35. The number of hydrogen-bond donors (Lipinski definition) is 0. The van der Waals surface area contributed by atoms with Gasteiger partial charge >= 0.3 is 0 Å². The summed E-state index contributed by atoms with van der Waals surface area (Å²) in [5, 5.41) is 0. The Kier molecular flexibility index (Phi) is 5.73. The summed E-state index contributed by atoms with van der Waals surface area (Å²) in [6.45, 7) is 3.83. The van der Waals surface area contributed by atoms with Gasteiger partial charge in [-0.05, 0) is 54.9 Å². The van der Waals surface area contributed by atoms with Gasteiger partial charge in [-0.1, -0.05) is 17.7 Å². The lowest BCUT2D eigenvalue weighted by atomic mass is 10.1. The predicted molar refractivity (Wildman–Crippen MR) is 129 cm³/mol. The Hall–Kier alpha value is -3.08. The number of nitrogens with zero attached hydrogens (tertiary/aromatic N) is 5. The number of hydrogen-bond acceptors (Lipinski definition) is 8. The van der Waals surface area contributed by atoms with Crippen molar-refractivity contribution in [3.8, 4) is 17.0 Å². The molecule has 2 aromatic carbocycles. The molecule has 0 spiro atoms. The summed E-state index contributed by atoms with van der Waals surface area (Å²) in [6, 6.07) is 14.7. The van der Waals surface area contributed by atoms with Gasteiger partial charge in [0.15, 0.2) is 5.82 Å². The molecule has 4 aromatic rings. The van der Waals surface area contributed by atoms with Crippen LogP contribution in [0.4, 0.5) is 5.82 Å². The van der Waals surface area contributed by atoms with Crippen LogP contribution in [-0.2, 0) is 10.0 Å². The fraction of sp³-hybridized carbons (Fsp3) is 0.261. The van der Waals surface area contributed by atoms with Crippen LogP contribution < -0.4 is 9.64 Å². The van der Waals surface area contributed by atoms with Gasteiger partial charge in [0.05, 0.1) is 12.0 Å². The van der Waals surface area contributed by atoms with E-state index in [0.29, 0.717) is 31.1 Å². The molecule has 1 aliphatic heterocycles. The summed E-state index contributed by atoms with van der Waals surface area (Å²) in [6.07, 6.45) is 1.55. The molecular weight excluding hydrogens is 458 g/mol. The second-order valence-corrected chi connectivity index (χ2v) is 10.6. The van der Waals surface area contributed by atoms with Crippen molar-refractivity contribution in [2.75, 3.05) is 38.2 Å². The van der Waals surface area contributed by atoms with Crippen LogP contribution in [-0.4, -0.2) is 60.4 Å². The number of anilines is 1. The van der Waals surface area contributed by atoms with Crippen LogP contribution in [0.2, 0.25) is 0 Å². The van der Waals surface area contributed by atoms with Crippen LogP contribution >= 0.6 is 11.5 Å². The number of ether oxygens (including phenoxy) is 1. The molecule has 1 aliphatic rings. The summed E-state index contributed by atoms with van der Waals surface area (Å²) in [7, 11) is -1.87. The first-order valence-electron chi connectivity index (χ1n) is 10.5. The molecular formula is C23H23N5O3S2. The van der Waals surface area contributed by atoms with Crippen LogP contribution in [0, 0.1) is 6.92 Å². The molecule has 2 aromatic heterocycles. The standard InChI is InChI=1S/C23H23N5O3S2/c1-16-3-9-19(10-4-16)33(29,30)28-13-11-27(12-14-28)23-22-21(24-15-25-23)20(26-32-22)17-5-7-18(31-2)8-6-17/h3-10,15H,11-14H2,1-2H3. The number of methoxy groups -OCH3 is 1. The van der Waals surface area contributed by atoms with E-state index in [1.165, 1.54) is 11.5 Å². The number of rotatable bonds is 5. The molecule has 1 saturated heterocycles. The zero-order valence-corrected chi connectivity index (χ0v) is 19.9. The zero-order valence-electron chi connectivity index (χ0n) is 18.3. The van der Waals surface area contributed by atoms with E-state index < -0.39 is 10.0 Å². The molecule has 5 rings (SSSR count). The first-order valence-corrected chi connectivity index (χ1v) is 12.8. The van der Waals surface area contributed by atoms with Crippen molar-refractivity contribution in [1.82, 2.24) is 18.6 Å². The summed E-state index contributed by atoms with van der Waals surface area (Å²) in [5.74, 6) is 1.58. The molecule has 0 saturated carbocycles. The third-order valence-electron chi connectivity index (χ3n) is 5.80. The van der Waals surface area contributed by atoms with Crippen molar-refractivity contribution >= 4 is 37.6 Å². The molecule has 0 unspecified atom stereocenters. The summed E-state index contributed by atoms with van der Waals surface area (Å²) >= 11 is 1.36. The van der Waals surface area contributed by atoms with Crippen LogP contribution in [0.15, 0.2) is 59.8 Å². The van der Waals surface area contributed by atoms with E-state index in [9.17, 15) is 8.42 Å². The molecule has 0 aliphatic carbocycles. The SMILES string of the molecule is COc1ccc(-c2nsc3c(N4CCN(S(=O)(=O)c5ccc(C)cc5)CC4)ncnc23)cc1. The fourth-order valence-corrected chi connectivity index (χ4v) is 6.21. The molecule has 10 heteroatoms. The minimum atomic E-state index is -3.51. The van der Waals surface area contributed by atoms with Gasteiger partial charge < -0.3 is 9.64 Å². The number of piperazine rings is 1. The van der Waals surface area contributed by atoms with Gasteiger partial charge in [-0.3, -0.25) is 0 Å². The Morgan fingerprint density at radius 1 is 0.939 bits per heavy atom. The normalized spacial score (nSPS) is 15.2. The van der Waals surface area contributed by atoms with E-state index in [-0.39, 0.29) is 0 Å². The van der Waals surface area contributed by atoms with Crippen molar-refractivity contribution in [1.29, 1.82) is 0 Å². The number of fused-ring (bicyclic) bond motifs is 1. The van der Waals surface area contributed by atoms with Crippen LogP contribution in [0.25, 0.3) is 21.5 Å². The Balaban J connectivity index is 1.37. The number of aromatic nitrogens is 3. The highest BCUT2D eigenvalue weighted by molar-refractivity contribution is 7.89. The van der Waals surface area contributed by atoms with Crippen LogP contribution in [0.3, 0.4) is 0 Å². The number of benzene rings is 2. The van der Waals surface area contributed by atoms with Crippen molar-refractivity contribution in [2.24, 2.45) is 0 Å². The van der Waals surface area contributed by atoms with Crippen LogP contribution in [0.5, 0.6) is 5.75 Å². The minimum Gasteiger partial charge on any atom is -0.497 e. The number of sulfonamides is 1. The van der Waals surface area contributed by atoms with Gasteiger partial charge in [0.2, 0.25) is 10.0 Å². The van der Waals surface area contributed by atoms with Gasteiger partial charge in [-0.2, -0.15) is 8.68 Å². The maximum atomic E-state index is 13.0. The van der Waals surface area contributed by atoms with Crippen molar-refractivity contribution in [2.45, 2.75) is 11.8 Å². The molecule has 33 heavy (non-hydrogen) atoms.